The molecule has 5 nitrogen and oxygen atoms in total. The van der Waals surface area contributed by atoms with Gasteiger partial charge in [-0.15, -0.1) is 0 Å². The first kappa shape index (κ1) is 14.4. The monoisotopic (exact) mass is 296 g/mol. The van der Waals surface area contributed by atoms with Gasteiger partial charge in [-0.05, 0) is 24.1 Å². The molecule has 0 radical (unpaired) electrons. The Balaban J connectivity index is 2.20. The first-order valence-corrected chi connectivity index (χ1v) is 7.34. The molecular formula is C17H20N4O. The molecule has 1 aromatic heterocycles. The third-order valence-corrected chi connectivity index (χ3v) is 4.10. The highest BCUT2D eigenvalue weighted by Gasteiger charge is 2.23. The fraction of sp³-hybridized carbons (Fsp3) is 0.294. The van der Waals surface area contributed by atoms with E-state index in [9.17, 15) is 4.79 Å². The van der Waals surface area contributed by atoms with E-state index < -0.39 is 0 Å². The number of aromatic nitrogens is 2. The lowest BCUT2D eigenvalue weighted by Crippen LogP contribution is -2.25. The number of H-pyrrole nitrogens is 1. The summed E-state index contributed by atoms with van der Waals surface area (Å²) < 4.78 is 0. The molecule has 22 heavy (non-hydrogen) atoms. The van der Waals surface area contributed by atoms with E-state index in [0.717, 1.165) is 34.5 Å². The van der Waals surface area contributed by atoms with E-state index in [1.54, 1.807) is 0 Å². The first-order valence-electron chi connectivity index (χ1n) is 7.34. The quantitative estimate of drug-likeness (QED) is 0.889. The Morgan fingerprint density at radius 2 is 1.95 bits per heavy atom. The molecule has 0 saturated carbocycles. The number of nitrogens with two attached hydrogens (primary N) is 1. The molecule has 0 bridgehead atoms. The van der Waals surface area contributed by atoms with E-state index in [-0.39, 0.29) is 5.56 Å². The number of fused-ring (bicyclic) bond motifs is 1. The van der Waals surface area contributed by atoms with Crippen molar-refractivity contribution in [3.63, 3.8) is 0 Å². The highest BCUT2D eigenvalue weighted by Crippen LogP contribution is 2.34. The van der Waals surface area contributed by atoms with Gasteiger partial charge < -0.3 is 10.6 Å². The van der Waals surface area contributed by atoms with Crippen LogP contribution in [0.5, 0.6) is 0 Å². The summed E-state index contributed by atoms with van der Waals surface area (Å²) in [7, 11) is 4.01. The van der Waals surface area contributed by atoms with E-state index in [2.05, 4.69) is 22.0 Å². The fourth-order valence-electron chi connectivity index (χ4n) is 3.26. The van der Waals surface area contributed by atoms with Gasteiger partial charge >= 0.3 is 0 Å². The number of hydrogen-bond acceptors (Lipinski definition) is 4. The molecule has 1 aliphatic carbocycles. The van der Waals surface area contributed by atoms with Crippen molar-refractivity contribution in [1.29, 1.82) is 0 Å². The first-order chi connectivity index (χ1) is 10.5. The standard InChI is InChI=1S/C17H20N4O/c1-10-8-11(9-14(18)16(10)21(2)3)15-12-6-4-5-7-13(12)17(22)20-19-15/h4-7,9-10H,8,18H2,1-3H3,(H,20,22). The summed E-state index contributed by atoms with van der Waals surface area (Å²) >= 11 is 0. The number of benzene rings is 1. The second kappa shape index (κ2) is 5.33. The zero-order chi connectivity index (χ0) is 15.9. The summed E-state index contributed by atoms with van der Waals surface area (Å²) in [6.45, 7) is 2.16. The summed E-state index contributed by atoms with van der Waals surface area (Å²) in [5, 5.41) is 8.38. The fourth-order valence-corrected chi connectivity index (χ4v) is 3.26. The van der Waals surface area contributed by atoms with Gasteiger partial charge in [-0.25, -0.2) is 5.10 Å². The minimum atomic E-state index is -0.165. The molecule has 0 spiro atoms. The van der Waals surface area contributed by atoms with E-state index in [1.807, 2.05) is 44.4 Å². The molecule has 0 saturated heterocycles. The molecule has 0 amide bonds. The summed E-state index contributed by atoms with van der Waals surface area (Å²) in [4.78, 5) is 14.0. The van der Waals surface area contributed by atoms with Crippen molar-refractivity contribution >= 4 is 16.3 Å². The lowest BCUT2D eigenvalue weighted by atomic mass is 9.87. The van der Waals surface area contributed by atoms with Crippen LogP contribution in [0.3, 0.4) is 0 Å². The molecule has 1 atom stereocenters. The van der Waals surface area contributed by atoms with Crippen molar-refractivity contribution in [2.75, 3.05) is 14.1 Å². The normalized spacial score (nSPS) is 18.5. The summed E-state index contributed by atoms with van der Waals surface area (Å²) in [6, 6.07) is 7.53. The molecule has 2 aromatic rings. The average molecular weight is 296 g/mol. The zero-order valence-corrected chi connectivity index (χ0v) is 13.1. The maximum atomic E-state index is 11.9. The Morgan fingerprint density at radius 1 is 1.27 bits per heavy atom. The third kappa shape index (κ3) is 2.28. The van der Waals surface area contributed by atoms with Crippen molar-refractivity contribution in [1.82, 2.24) is 15.1 Å². The van der Waals surface area contributed by atoms with Crippen molar-refractivity contribution in [2.45, 2.75) is 13.3 Å². The minimum absolute atomic E-state index is 0.165. The lowest BCUT2D eigenvalue weighted by Gasteiger charge is -2.29. The second-order valence-electron chi connectivity index (χ2n) is 5.96. The Kier molecular flexibility index (Phi) is 3.48. The SMILES string of the molecule is CC1CC(c2n[nH]c(=O)c3ccccc23)=CC(N)=C1N(C)C. The molecule has 3 N–H and O–H groups in total. The van der Waals surface area contributed by atoms with Gasteiger partial charge in [-0.2, -0.15) is 5.10 Å². The van der Waals surface area contributed by atoms with Crippen LogP contribution in [0.4, 0.5) is 0 Å². The molecule has 1 unspecified atom stereocenters. The predicted octanol–water partition coefficient (Wildman–Crippen LogP) is 2.08. The van der Waals surface area contributed by atoms with Crippen molar-refractivity contribution < 1.29 is 0 Å². The van der Waals surface area contributed by atoms with E-state index >= 15 is 0 Å². The van der Waals surface area contributed by atoms with Crippen LogP contribution in [0.25, 0.3) is 16.3 Å². The molecular weight excluding hydrogens is 276 g/mol. The van der Waals surface area contributed by atoms with E-state index in [1.165, 1.54) is 0 Å². The minimum Gasteiger partial charge on any atom is -0.397 e. The number of rotatable bonds is 2. The largest absolute Gasteiger partial charge is 0.397 e. The summed E-state index contributed by atoms with van der Waals surface area (Å²) in [5.41, 5.74) is 9.83. The highest BCUT2D eigenvalue weighted by atomic mass is 16.1. The average Bonchev–Trinajstić information content (AvgIpc) is 2.46. The Bertz CT molecular complexity index is 845. The second-order valence-corrected chi connectivity index (χ2v) is 5.96. The van der Waals surface area contributed by atoms with Crippen LogP contribution >= 0.6 is 0 Å². The molecule has 1 aliphatic rings. The Labute approximate surface area is 129 Å². The van der Waals surface area contributed by atoms with Gasteiger partial charge in [0.25, 0.3) is 5.56 Å². The number of hydrogen-bond donors (Lipinski definition) is 2. The van der Waals surface area contributed by atoms with Gasteiger partial charge in [0.1, 0.15) is 0 Å². The van der Waals surface area contributed by atoms with Gasteiger partial charge in [0.05, 0.1) is 16.8 Å². The molecule has 3 rings (SSSR count). The van der Waals surface area contributed by atoms with Gasteiger partial charge in [0.2, 0.25) is 0 Å². The molecule has 1 aromatic carbocycles. The Hall–Kier alpha value is -2.56. The molecule has 0 aliphatic heterocycles. The smallest absolute Gasteiger partial charge is 0.272 e. The highest BCUT2D eigenvalue weighted by molar-refractivity contribution is 5.92. The Morgan fingerprint density at radius 3 is 2.59 bits per heavy atom. The van der Waals surface area contributed by atoms with Crippen LogP contribution < -0.4 is 11.3 Å². The van der Waals surface area contributed by atoms with Crippen LogP contribution in [0.2, 0.25) is 0 Å². The predicted molar refractivity (Wildman–Crippen MR) is 89.0 cm³/mol. The summed E-state index contributed by atoms with van der Waals surface area (Å²) in [5.74, 6) is 0.308. The number of aromatic amines is 1. The molecule has 5 heteroatoms. The molecule has 0 fully saturated rings. The lowest BCUT2D eigenvalue weighted by molar-refractivity contribution is 0.425. The summed E-state index contributed by atoms with van der Waals surface area (Å²) in [6.07, 6.45) is 2.82. The van der Waals surface area contributed by atoms with Gasteiger partial charge in [-0.1, -0.05) is 25.1 Å². The molecule has 1 heterocycles. The number of allylic oxidation sites excluding steroid dienone is 3. The maximum Gasteiger partial charge on any atom is 0.272 e. The number of nitrogens with zero attached hydrogens (tertiary/aromatic N) is 2. The van der Waals surface area contributed by atoms with E-state index in [0.29, 0.717) is 11.3 Å². The van der Waals surface area contributed by atoms with Gasteiger partial charge in [0.15, 0.2) is 0 Å². The zero-order valence-electron chi connectivity index (χ0n) is 13.1. The van der Waals surface area contributed by atoms with Crippen LogP contribution in [0.1, 0.15) is 19.0 Å². The van der Waals surface area contributed by atoms with E-state index in [4.69, 9.17) is 5.73 Å². The third-order valence-electron chi connectivity index (χ3n) is 4.10. The van der Waals surface area contributed by atoms with Crippen molar-refractivity contribution in [3.8, 4) is 0 Å². The van der Waals surface area contributed by atoms with Crippen molar-refractivity contribution in [3.05, 3.63) is 57.8 Å². The van der Waals surface area contributed by atoms with Crippen LogP contribution in [-0.2, 0) is 0 Å². The van der Waals surface area contributed by atoms with Crippen LogP contribution in [0, 0.1) is 5.92 Å². The number of nitrogens with one attached hydrogen (secondary N) is 1. The van der Waals surface area contributed by atoms with Crippen LogP contribution in [0.15, 0.2) is 46.5 Å². The van der Waals surface area contributed by atoms with Crippen LogP contribution in [-0.4, -0.2) is 29.2 Å². The molecule has 114 valence electrons. The van der Waals surface area contributed by atoms with Crippen molar-refractivity contribution in [2.24, 2.45) is 11.7 Å². The maximum absolute atomic E-state index is 11.9. The topological polar surface area (TPSA) is 75.0 Å². The van der Waals surface area contributed by atoms with Gasteiger partial charge in [-0.3, -0.25) is 4.79 Å². The van der Waals surface area contributed by atoms with Gasteiger partial charge in [0, 0.05) is 31.1 Å².